The largest absolute Gasteiger partial charge is 0.383 e. The van der Waals surface area contributed by atoms with Crippen molar-refractivity contribution in [3.8, 4) is 0 Å². The van der Waals surface area contributed by atoms with E-state index in [0.717, 1.165) is 13.0 Å². The van der Waals surface area contributed by atoms with Crippen LogP contribution in [-0.2, 0) is 14.3 Å². The molecule has 1 heterocycles. The van der Waals surface area contributed by atoms with E-state index >= 15 is 0 Å². The second-order valence-corrected chi connectivity index (χ2v) is 4.97. The van der Waals surface area contributed by atoms with Gasteiger partial charge in [-0.2, -0.15) is 0 Å². The van der Waals surface area contributed by atoms with Crippen LogP contribution in [0.2, 0.25) is 0 Å². The Bertz CT molecular complexity index is 301. The minimum atomic E-state index is -0.521. The molecular weight excluding hydrogens is 234 g/mol. The molecule has 0 bridgehead atoms. The number of methoxy groups -OCH3 is 1. The molecule has 3 N–H and O–H groups in total. The van der Waals surface area contributed by atoms with Gasteiger partial charge in [-0.3, -0.25) is 9.59 Å². The van der Waals surface area contributed by atoms with Gasteiger partial charge in [0, 0.05) is 20.2 Å². The number of ether oxygens (including phenoxy) is 1. The summed E-state index contributed by atoms with van der Waals surface area (Å²) in [6, 6.07) is -0.521. The third-order valence-corrected chi connectivity index (χ3v) is 3.26. The monoisotopic (exact) mass is 257 g/mol. The van der Waals surface area contributed by atoms with Crippen LogP contribution in [0.1, 0.15) is 20.3 Å². The Morgan fingerprint density at radius 3 is 2.78 bits per heavy atom. The van der Waals surface area contributed by atoms with Crippen LogP contribution >= 0.6 is 0 Å². The minimum Gasteiger partial charge on any atom is -0.383 e. The van der Waals surface area contributed by atoms with Gasteiger partial charge in [0.1, 0.15) is 6.04 Å². The quantitative estimate of drug-likeness (QED) is 0.547. The van der Waals surface area contributed by atoms with E-state index in [1.54, 1.807) is 14.0 Å². The highest BCUT2D eigenvalue weighted by molar-refractivity contribution is 5.89. The van der Waals surface area contributed by atoms with Crippen molar-refractivity contribution >= 4 is 11.8 Å². The highest BCUT2D eigenvalue weighted by atomic mass is 16.5. The van der Waals surface area contributed by atoms with E-state index in [1.165, 1.54) is 0 Å². The Morgan fingerprint density at radius 2 is 2.22 bits per heavy atom. The maximum absolute atomic E-state index is 12.1. The Hall–Kier alpha value is -1.14. The predicted octanol–water partition coefficient (Wildman–Crippen LogP) is -0.747. The van der Waals surface area contributed by atoms with Gasteiger partial charge in [0.05, 0.1) is 12.0 Å². The van der Waals surface area contributed by atoms with Gasteiger partial charge < -0.3 is 20.7 Å². The van der Waals surface area contributed by atoms with E-state index in [-0.39, 0.29) is 11.8 Å². The maximum atomic E-state index is 12.1. The molecule has 1 aliphatic rings. The van der Waals surface area contributed by atoms with Crippen LogP contribution in [0.5, 0.6) is 0 Å². The summed E-state index contributed by atoms with van der Waals surface area (Å²) in [4.78, 5) is 23.7. The molecule has 1 fully saturated rings. The van der Waals surface area contributed by atoms with E-state index in [2.05, 4.69) is 16.0 Å². The van der Waals surface area contributed by atoms with Gasteiger partial charge in [-0.25, -0.2) is 0 Å². The SMILES string of the molecule is COCCNC(=O)C(C)NC(=O)C1(C)CCNC1. The summed E-state index contributed by atoms with van der Waals surface area (Å²) in [6.45, 7) is 6.03. The van der Waals surface area contributed by atoms with Crippen molar-refractivity contribution in [1.29, 1.82) is 0 Å². The van der Waals surface area contributed by atoms with Crippen molar-refractivity contribution in [3.05, 3.63) is 0 Å². The molecule has 1 rings (SSSR count). The van der Waals surface area contributed by atoms with Gasteiger partial charge in [-0.15, -0.1) is 0 Å². The number of hydrogen-bond donors (Lipinski definition) is 3. The predicted molar refractivity (Wildman–Crippen MR) is 68.1 cm³/mol. The second kappa shape index (κ2) is 6.70. The van der Waals surface area contributed by atoms with E-state index in [4.69, 9.17) is 4.74 Å². The summed E-state index contributed by atoms with van der Waals surface area (Å²) in [7, 11) is 1.57. The lowest BCUT2D eigenvalue weighted by molar-refractivity contribution is -0.133. The first-order chi connectivity index (χ1) is 8.49. The summed E-state index contributed by atoms with van der Waals surface area (Å²) in [5.74, 6) is -0.253. The molecule has 18 heavy (non-hydrogen) atoms. The van der Waals surface area contributed by atoms with Crippen LogP contribution in [0.4, 0.5) is 0 Å². The average Bonchev–Trinajstić information content (AvgIpc) is 2.77. The first-order valence-electron chi connectivity index (χ1n) is 6.28. The van der Waals surface area contributed by atoms with E-state index < -0.39 is 11.5 Å². The van der Waals surface area contributed by atoms with E-state index in [0.29, 0.717) is 19.7 Å². The fraction of sp³-hybridized carbons (Fsp3) is 0.833. The summed E-state index contributed by atoms with van der Waals surface area (Å²) >= 11 is 0. The number of amides is 2. The molecule has 0 radical (unpaired) electrons. The van der Waals surface area contributed by atoms with Gasteiger partial charge in [0.25, 0.3) is 0 Å². The Balaban J connectivity index is 2.36. The molecule has 2 atom stereocenters. The number of carbonyl (C=O) groups excluding carboxylic acids is 2. The first-order valence-corrected chi connectivity index (χ1v) is 6.28. The lowest BCUT2D eigenvalue weighted by Crippen LogP contribution is -2.50. The first kappa shape index (κ1) is 14.9. The Kier molecular flexibility index (Phi) is 5.55. The molecule has 0 aromatic rings. The molecule has 2 unspecified atom stereocenters. The van der Waals surface area contributed by atoms with Crippen LogP contribution in [0.25, 0.3) is 0 Å². The number of nitrogens with one attached hydrogen (secondary N) is 3. The lowest BCUT2D eigenvalue weighted by atomic mass is 9.88. The summed E-state index contributed by atoms with van der Waals surface area (Å²) < 4.78 is 4.84. The standard InChI is InChI=1S/C12H23N3O3/c1-9(10(16)14-6-7-18-3)15-11(17)12(2)4-5-13-8-12/h9,13H,4-8H2,1-3H3,(H,14,16)(H,15,17). The van der Waals surface area contributed by atoms with E-state index in [9.17, 15) is 9.59 Å². The summed E-state index contributed by atoms with van der Waals surface area (Å²) in [5, 5.41) is 8.61. The van der Waals surface area contributed by atoms with Crippen LogP contribution in [0, 0.1) is 5.41 Å². The Morgan fingerprint density at radius 1 is 1.50 bits per heavy atom. The van der Waals surface area contributed by atoms with Gasteiger partial charge >= 0.3 is 0 Å². The highest BCUT2D eigenvalue weighted by Crippen LogP contribution is 2.24. The molecular formula is C12H23N3O3. The normalized spacial score (nSPS) is 24.6. The van der Waals surface area contributed by atoms with Gasteiger partial charge in [0.15, 0.2) is 0 Å². The molecule has 2 amide bonds. The van der Waals surface area contributed by atoms with Crippen LogP contribution in [-0.4, -0.2) is 51.2 Å². The smallest absolute Gasteiger partial charge is 0.242 e. The van der Waals surface area contributed by atoms with E-state index in [1.807, 2.05) is 6.92 Å². The summed E-state index contributed by atoms with van der Waals surface area (Å²) in [6.07, 6.45) is 0.802. The average molecular weight is 257 g/mol. The molecule has 1 saturated heterocycles. The molecule has 0 aromatic heterocycles. The number of carbonyl (C=O) groups is 2. The second-order valence-electron chi connectivity index (χ2n) is 4.97. The lowest BCUT2D eigenvalue weighted by Gasteiger charge is -2.24. The van der Waals surface area contributed by atoms with Crippen molar-refractivity contribution in [3.63, 3.8) is 0 Å². The minimum absolute atomic E-state index is 0.0677. The van der Waals surface area contributed by atoms with Crippen LogP contribution < -0.4 is 16.0 Å². The molecule has 1 aliphatic heterocycles. The third kappa shape index (κ3) is 3.96. The molecule has 0 spiro atoms. The Labute approximate surface area is 108 Å². The van der Waals surface area contributed by atoms with Crippen LogP contribution in [0.15, 0.2) is 0 Å². The molecule has 104 valence electrons. The van der Waals surface area contributed by atoms with Gasteiger partial charge in [-0.1, -0.05) is 0 Å². The fourth-order valence-corrected chi connectivity index (χ4v) is 1.88. The van der Waals surface area contributed by atoms with Crippen molar-refractivity contribution in [2.45, 2.75) is 26.3 Å². The molecule has 6 nitrogen and oxygen atoms in total. The topological polar surface area (TPSA) is 79.5 Å². The molecule has 6 heteroatoms. The van der Waals surface area contributed by atoms with Crippen molar-refractivity contribution in [1.82, 2.24) is 16.0 Å². The maximum Gasteiger partial charge on any atom is 0.242 e. The number of rotatable bonds is 6. The molecule has 0 saturated carbocycles. The van der Waals surface area contributed by atoms with Crippen molar-refractivity contribution < 1.29 is 14.3 Å². The third-order valence-electron chi connectivity index (χ3n) is 3.26. The zero-order valence-electron chi connectivity index (χ0n) is 11.3. The zero-order chi connectivity index (χ0) is 13.6. The fourth-order valence-electron chi connectivity index (χ4n) is 1.88. The van der Waals surface area contributed by atoms with Gasteiger partial charge in [0.2, 0.25) is 11.8 Å². The number of hydrogen-bond acceptors (Lipinski definition) is 4. The van der Waals surface area contributed by atoms with Crippen LogP contribution in [0.3, 0.4) is 0 Å². The molecule has 0 aromatic carbocycles. The zero-order valence-corrected chi connectivity index (χ0v) is 11.3. The van der Waals surface area contributed by atoms with Crippen molar-refractivity contribution in [2.24, 2.45) is 5.41 Å². The van der Waals surface area contributed by atoms with Crippen molar-refractivity contribution in [2.75, 3.05) is 33.4 Å². The summed E-state index contributed by atoms with van der Waals surface area (Å²) in [5.41, 5.74) is -0.402. The molecule has 0 aliphatic carbocycles. The highest BCUT2D eigenvalue weighted by Gasteiger charge is 2.37. The van der Waals surface area contributed by atoms with Gasteiger partial charge in [-0.05, 0) is 26.8 Å².